The third kappa shape index (κ3) is 3.24. The Morgan fingerprint density at radius 3 is 2.67 bits per heavy atom. The topological polar surface area (TPSA) is 63.4 Å². The summed E-state index contributed by atoms with van der Waals surface area (Å²) in [4.78, 5) is 0.378. The van der Waals surface area contributed by atoms with Gasteiger partial charge in [-0.05, 0) is 56.4 Å². The first-order chi connectivity index (χ1) is 9.87. The molecule has 4 nitrogen and oxygen atoms in total. The molecule has 2 rings (SSSR count). The number of benzene rings is 1. The Hall–Kier alpha value is -1.07. The van der Waals surface area contributed by atoms with E-state index in [-0.39, 0.29) is 6.04 Å². The van der Waals surface area contributed by atoms with Crippen LogP contribution in [0.1, 0.15) is 50.2 Å². The van der Waals surface area contributed by atoms with Gasteiger partial charge < -0.3 is 5.73 Å². The molecule has 0 aliphatic carbocycles. The molecule has 0 amide bonds. The van der Waals surface area contributed by atoms with Gasteiger partial charge in [-0.3, -0.25) is 0 Å². The molecule has 1 heterocycles. The molecule has 0 spiro atoms. The quantitative estimate of drug-likeness (QED) is 0.868. The molecule has 21 heavy (non-hydrogen) atoms. The second-order valence-corrected chi connectivity index (χ2v) is 7.89. The first kappa shape index (κ1) is 16.3. The molecule has 1 saturated heterocycles. The fraction of sp³-hybridized carbons (Fsp3) is 0.625. The second-order valence-electron chi connectivity index (χ2n) is 6.03. The lowest BCUT2D eigenvalue weighted by Gasteiger charge is -2.35. The van der Waals surface area contributed by atoms with Gasteiger partial charge in [0.25, 0.3) is 0 Å². The Labute approximate surface area is 128 Å². The molecule has 5 heteroatoms. The maximum Gasteiger partial charge on any atom is 0.243 e. The van der Waals surface area contributed by atoms with Crippen LogP contribution in [0.3, 0.4) is 0 Å². The molecule has 118 valence electrons. The Morgan fingerprint density at radius 1 is 1.29 bits per heavy atom. The van der Waals surface area contributed by atoms with Crippen molar-refractivity contribution in [3.8, 4) is 0 Å². The van der Waals surface area contributed by atoms with Crippen molar-refractivity contribution in [2.45, 2.75) is 63.8 Å². The fourth-order valence-electron chi connectivity index (χ4n) is 3.16. The Kier molecular flexibility index (Phi) is 4.94. The van der Waals surface area contributed by atoms with E-state index >= 15 is 0 Å². The van der Waals surface area contributed by atoms with Gasteiger partial charge in [0.15, 0.2) is 0 Å². The molecule has 0 aromatic heterocycles. The van der Waals surface area contributed by atoms with E-state index in [0.29, 0.717) is 22.7 Å². The van der Waals surface area contributed by atoms with E-state index in [1.807, 2.05) is 13.0 Å². The van der Waals surface area contributed by atoms with Gasteiger partial charge in [0.05, 0.1) is 4.90 Å². The molecule has 0 radical (unpaired) electrons. The van der Waals surface area contributed by atoms with Crippen LogP contribution >= 0.6 is 0 Å². The lowest BCUT2D eigenvalue weighted by Crippen LogP contribution is -2.43. The van der Waals surface area contributed by atoms with Crippen molar-refractivity contribution in [2.75, 3.05) is 12.3 Å². The van der Waals surface area contributed by atoms with Gasteiger partial charge in [0, 0.05) is 18.3 Å². The predicted molar refractivity (Wildman–Crippen MR) is 86.8 cm³/mol. The van der Waals surface area contributed by atoms with E-state index in [4.69, 9.17) is 5.73 Å². The van der Waals surface area contributed by atoms with Gasteiger partial charge in [0.2, 0.25) is 10.0 Å². The minimum absolute atomic E-state index is 0.134. The first-order valence-electron chi connectivity index (χ1n) is 7.76. The average molecular weight is 310 g/mol. The van der Waals surface area contributed by atoms with Gasteiger partial charge in [0.1, 0.15) is 0 Å². The van der Waals surface area contributed by atoms with Crippen LogP contribution in [0.25, 0.3) is 0 Å². The summed E-state index contributed by atoms with van der Waals surface area (Å²) < 4.78 is 27.8. The summed E-state index contributed by atoms with van der Waals surface area (Å²) in [6.45, 7) is 6.41. The smallest absolute Gasteiger partial charge is 0.243 e. The fourth-order valence-corrected chi connectivity index (χ4v) is 5.22. The predicted octanol–water partition coefficient (Wildman–Crippen LogP) is 3.23. The van der Waals surface area contributed by atoms with Crippen LogP contribution in [-0.4, -0.2) is 25.3 Å². The molecule has 1 atom stereocenters. The molecule has 0 saturated carbocycles. The third-order valence-electron chi connectivity index (χ3n) is 4.33. The summed E-state index contributed by atoms with van der Waals surface area (Å²) in [5, 5.41) is 0. The van der Waals surface area contributed by atoms with Gasteiger partial charge in [-0.1, -0.05) is 19.8 Å². The highest BCUT2D eigenvalue weighted by Crippen LogP contribution is 2.31. The number of nitrogens with zero attached hydrogens (tertiary/aromatic N) is 1. The van der Waals surface area contributed by atoms with Gasteiger partial charge in [-0.2, -0.15) is 4.31 Å². The van der Waals surface area contributed by atoms with E-state index in [0.717, 1.165) is 37.7 Å². The third-order valence-corrected chi connectivity index (χ3v) is 6.40. The second kappa shape index (κ2) is 6.36. The van der Waals surface area contributed by atoms with Crippen molar-refractivity contribution in [3.63, 3.8) is 0 Å². The summed E-state index contributed by atoms with van der Waals surface area (Å²) in [7, 11) is -3.46. The number of rotatable bonds is 4. The Balaban J connectivity index is 2.45. The number of anilines is 1. The van der Waals surface area contributed by atoms with Crippen molar-refractivity contribution >= 4 is 15.7 Å². The number of hydrogen-bond donors (Lipinski definition) is 1. The van der Waals surface area contributed by atoms with Crippen LogP contribution in [0.5, 0.6) is 0 Å². The SMILES string of the molecule is CCCC1CCCCN1S(=O)(=O)c1cc(C)cc(N)c1C. The van der Waals surface area contributed by atoms with Crippen LogP contribution in [0, 0.1) is 13.8 Å². The zero-order valence-electron chi connectivity index (χ0n) is 13.2. The monoisotopic (exact) mass is 310 g/mol. The highest BCUT2D eigenvalue weighted by molar-refractivity contribution is 7.89. The summed E-state index contributed by atoms with van der Waals surface area (Å²) in [5.74, 6) is 0. The average Bonchev–Trinajstić information content (AvgIpc) is 2.43. The molecule has 1 aromatic carbocycles. The van der Waals surface area contributed by atoms with Crippen molar-refractivity contribution in [2.24, 2.45) is 0 Å². The molecule has 1 aliphatic heterocycles. The van der Waals surface area contributed by atoms with Crippen molar-refractivity contribution < 1.29 is 8.42 Å². The minimum Gasteiger partial charge on any atom is -0.398 e. The van der Waals surface area contributed by atoms with E-state index in [2.05, 4.69) is 6.92 Å². The molecular weight excluding hydrogens is 284 g/mol. The van der Waals surface area contributed by atoms with Crippen molar-refractivity contribution in [1.82, 2.24) is 4.31 Å². The van der Waals surface area contributed by atoms with E-state index in [1.165, 1.54) is 0 Å². The van der Waals surface area contributed by atoms with Crippen LogP contribution in [0.15, 0.2) is 17.0 Å². The van der Waals surface area contributed by atoms with Gasteiger partial charge in [-0.15, -0.1) is 0 Å². The maximum absolute atomic E-state index is 13.1. The standard InChI is InChI=1S/C16H26N2O2S/c1-4-7-14-8-5-6-9-18(14)21(19,20)16-11-12(2)10-15(17)13(16)3/h10-11,14H,4-9,17H2,1-3H3. The largest absolute Gasteiger partial charge is 0.398 e. The summed E-state index contributed by atoms with van der Waals surface area (Å²) in [5.41, 5.74) is 8.07. The molecule has 1 aromatic rings. The van der Waals surface area contributed by atoms with Crippen LogP contribution in [0.4, 0.5) is 5.69 Å². The zero-order chi connectivity index (χ0) is 15.6. The Bertz CT molecular complexity index is 609. The summed E-state index contributed by atoms with van der Waals surface area (Å²) in [6, 6.07) is 3.71. The number of nitrogens with two attached hydrogens (primary N) is 1. The molecule has 1 fully saturated rings. The molecule has 0 bridgehead atoms. The van der Waals surface area contributed by atoms with Crippen LogP contribution in [0.2, 0.25) is 0 Å². The van der Waals surface area contributed by atoms with Gasteiger partial charge >= 0.3 is 0 Å². The normalized spacial score (nSPS) is 20.6. The number of nitrogen functional groups attached to an aromatic ring is 1. The lowest BCUT2D eigenvalue weighted by atomic mass is 10.0. The molecule has 2 N–H and O–H groups in total. The lowest BCUT2D eigenvalue weighted by molar-refractivity contribution is 0.239. The van der Waals surface area contributed by atoms with Crippen molar-refractivity contribution in [3.05, 3.63) is 23.3 Å². The Morgan fingerprint density at radius 2 is 2.00 bits per heavy atom. The molecular formula is C16H26N2O2S. The maximum atomic E-state index is 13.1. The van der Waals surface area contributed by atoms with Gasteiger partial charge in [-0.25, -0.2) is 8.42 Å². The highest BCUT2D eigenvalue weighted by Gasteiger charge is 2.34. The molecule has 1 unspecified atom stereocenters. The number of piperidine rings is 1. The summed E-state index contributed by atoms with van der Waals surface area (Å²) in [6.07, 6.45) is 4.96. The zero-order valence-corrected chi connectivity index (χ0v) is 14.0. The van der Waals surface area contributed by atoms with E-state index in [9.17, 15) is 8.42 Å². The van der Waals surface area contributed by atoms with E-state index in [1.54, 1.807) is 17.3 Å². The molecule has 1 aliphatic rings. The highest BCUT2D eigenvalue weighted by atomic mass is 32.2. The van der Waals surface area contributed by atoms with Crippen LogP contribution < -0.4 is 5.73 Å². The first-order valence-corrected chi connectivity index (χ1v) is 9.20. The number of hydrogen-bond acceptors (Lipinski definition) is 3. The number of sulfonamides is 1. The number of aryl methyl sites for hydroxylation is 1. The van der Waals surface area contributed by atoms with Crippen molar-refractivity contribution in [1.29, 1.82) is 0 Å². The minimum atomic E-state index is -3.46. The van der Waals surface area contributed by atoms with E-state index < -0.39 is 10.0 Å². The summed E-state index contributed by atoms with van der Waals surface area (Å²) >= 11 is 0. The van der Waals surface area contributed by atoms with Crippen LogP contribution in [-0.2, 0) is 10.0 Å².